The number of esters is 1. The minimum Gasteiger partial charge on any atom is -0.455 e. The highest BCUT2D eigenvalue weighted by Gasteiger charge is 2.17. The van der Waals surface area contributed by atoms with E-state index in [2.05, 4.69) is 4.72 Å². The number of ether oxygens (including phenoxy) is 1. The summed E-state index contributed by atoms with van der Waals surface area (Å²) in [6.45, 7) is 0.825. The summed E-state index contributed by atoms with van der Waals surface area (Å²) in [6, 6.07) is 11.9. The molecule has 0 aliphatic carbocycles. The summed E-state index contributed by atoms with van der Waals surface area (Å²) in [4.78, 5) is 25.0. The SMILES string of the molecule is Cc1ccc(S(=O)(=O)NCC(=O)OCC(=O)N(C)Cc2cccc(F)c2)cc1. The van der Waals surface area contributed by atoms with Gasteiger partial charge in [-0.3, -0.25) is 9.59 Å². The molecule has 2 aromatic carbocycles. The largest absolute Gasteiger partial charge is 0.455 e. The van der Waals surface area contributed by atoms with Crippen molar-refractivity contribution in [3.8, 4) is 0 Å². The summed E-state index contributed by atoms with van der Waals surface area (Å²) in [7, 11) is -2.37. The fraction of sp³-hybridized carbons (Fsp3) is 0.263. The molecule has 0 bridgehead atoms. The molecule has 7 nitrogen and oxygen atoms in total. The molecular formula is C19H21FN2O5S. The molecule has 0 aliphatic rings. The second-order valence-corrected chi connectivity index (χ2v) is 7.94. The van der Waals surface area contributed by atoms with E-state index in [0.29, 0.717) is 5.56 Å². The number of nitrogens with zero attached hydrogens (tertiary/aromatic N) is 1. The molecule has 0 radical (unpaired) electrons. The molecular weight excluding hydrogens is 387 g/mol. The molecule has 2 rings (SSSR count). The van der Waals surface area contributed by atoms with E-state index in [0.717, 1.165) is 5.56 Å². The van der Waals surface area contributed by atoms with Crippen LogP contribution in [0.4, 0.5) is 4.39 Å². The molecule has 0 spiro atoms. The van der Waals surface area contributed by atoms with Crippen molar-refractivity contribution < 1.29 is 27.1 Å². The molecule has 0 saturated heterocycles. The number of amides is 1. The number of halogens is 1. The van der Waals surface area contributed by atoms with Crippen LogP contribution in [0.15, 0.2) is 53.4 Å². The van der Waals surface area contributed by atoms with Crippen LogP contribution in [0, 0.1) is 12.7 Å². The van der Waals surface area contributed by atoms with Crippen LogP contribution in [0.25, 0.3) is 0 Å². The van der Waals surface area contributed by atoms with Crippen molar-refractivity contribution in [2.75, 3.05) is 20.2 Å². The first-order chi connectivity index (χ1) is 13.2. The standard InChI is InChI=1S/C19H21FN2O5S/c1-14-6-8-17(9-7-14)28(25,26)21-11-19(24)27-13-18(23)22(2)12-15-4-3-5-16(20)10-15/h3-10,21H,11-13H2,1-2H3. The van der Waals surface area contributed by atoms with Gasteiger partial charge in [-0.15, -0.1) is 0 Å². The van der Waals surface area contributed by atoms with Crippen LogP contribution < -0.4 is 4.72 Å². The van der Waals surface area contributed by atoms with E-state index in [1.165, 1.54) is 42.3 Å². The summed E-state index contributed by atoms with van der Waals surface area (Å²) in [5, 5.41) is 0. The lowest BCUT2D eigenvalue weighted by Gasteiger charge is -2.17. The zero-order valence-electron chi connectivity index (χ0n) is 15.5. The van der Waals surface area contributed by atoms with Crippen molar-refractivity contribution in [1.82, 2.24) is 9.62 Å². The molecule has 0 aliphatic heterocycles. The van der Waals surface area contributed by atoms with Crippen LogP contribution in [-0.2, 0) is 30.9 Å². The normalized spacial score (nSPS) is 11.1. The second kappa shape index (κ2) is 9.43. The number of hydrogen-bond acceptors (Lipinski definition) is 5. The molecule has 0 atom stereocenters. The van der Waals surface area contributed by atoms with Crippen molar-refractivity contribution in [2.24, 2.45) is 0 Å². The molecule has 1 amide bonds. The van der Waals surface area contributed by atoms with Crippen molar-refractivity contribution in [3.63, 3.8) is 0 Å². The van der Waals surface area contributed by atoms with E-state index in [4.69, 9.17) is 4.74 Å². The van der Waals surface area contributed by atoms with Crippen LogP contribution >= 0.6 is 0 Å². The minimum absolute atomic E-state index is 0.0248. The summed E-state index contributed by atoms with van der Waals surface area (Å²) in [6.07, 6.45) is 0. The molecule has 1 N–H and O–H groups in total. The molecule has 2 aromatic rings. The first-order valence-electron chi connectivity index (χ1n) is 8.38. The lowest BCUT2D eigenvalue weighted by molar-refractivity contribution is -0.150. The maximum Gasteiger partial charge on any atom is 0.321 e. The van der Waals surface area contributed by atoms with Crippen LogP contribution in [0.1, 0.15) is 11.1 Å². The number of rotatable bonds is 8. The predicted molar refractivity (Wildman–Crippen MR) is 100 cm³/mol. The number of benzene rings is 2. The summed E-state index contributed by atoms with van der Waals surface area (Å²) >= 11 is 0. The van der Waals surface area contributed by atoms with Crippen molar-refractivity contribution in [3.05, 3.63) is 65.5 Å². The fourth-order valence-corrected chi connectivity index (χ4v) is 3.22. The number of nitrogens with one attached hydrogen (secondary N) is 1. The fourth-order valence-electron chi connectivity index (χ4n) is 2.26. The minimum atomic E-state index is -3.85. The van der Waals surface area contributed by atoms with E-state index in [1.807, 2.05) is 6.92 Å². The van der Waals surface area contributed by atoms with Gasteiger partial charge in [0.2, 0.25) is 10.0 Å². The van der Waals surface area contributed by atoms with E-state index in [1.54, 1.807) is 18.2 Å². The van der Waals surface area contributed by atoms with E-state index in [9.17, 15) is 22.4 Å². The van der Waals surface area contributed by atoms with Gasteiger partial charge >= 0.3 is 5.97 Å². The Labute approximate surface area is 163 Å². The second-order valence-electron chi connectivity index (χ2n) is 6.18. The number of sulfonamides is 1. The molecule has 9 heteroatoms. The number of aryl methyl sites for hydroxylation is 1. The van der Waals surface area contributed by atoms with Gasteiger partial charge in [-0.1, -0.05) is 29.8 Å². The smallest absolute Gasteiger partial charge is 0.321 e. The lowest BCUT2D eigenvalue weighted by atomic mass is 10.2. The van der Waals surface area contributed by atoms with E-state index >= 15 is 0 Å². The molecule has 28 heavy (non-hydrogen) atoms. The third kappa shape index (κ3) is 6.43. The molecule has 0 aromatic heterocycles. The Kier molecular flexibility index (Phi) is 7.24. The van der Waals surface area contributed by atoms with Crippen molar-refractivity contribution in [1.29, 1.82) is 0 Å². The van der Waals surface area contributed by atoms with Crippen LogP contribution in [0.5, 0.6) is 0 Å². The summed E-state index contributed by atoms with van der Waals surface area (Å²) < 4.78 is 44.3. The van der Waals surface area contributed by atoms with Crippen LogP contribution in [-0.4, -0.2) is 45.4 Å². The Balaban J connectivity index is 1.79. The number of likely N-dealkylation sites (N-methyl/N-ethyl adjacent to an activating group) is 1. The van der Waals surface area contributed by atoms with Gasteiger partial charge in [0.05, 0.1) is 4.90 Å². The highest BCUT2D eigenvalue weighted by Crippen LogP contribution is 2.09. The Hall–Kier alpha value is -2.78. The Morgan fingerprint density at radius 2 is 1.82 bits per heavy atom. The molecule has 150 valence electrons. The highest BCUT2D eigenvalue weighted by molar-refractivity contribution is 7.89. The maximum atomic E-state index is 13.2. The quantitative estimate of drug-likeness (QED) is 0.670. The zero-order chi connectivity index (χ0) is 20.7. The van der Waals surface area contributed by atoms with Gasteiger partial charge in [0.25, 0.3) is 5.91 Å². The lowest BCUT2D eigenvalue weighted by Crippen LogP contribution is -2.34. The van der Waals surface area contributed by atoms with Crippen molar-refractivity contribution in [2.45, 2.75) is 18.4 Å². The van der Waals surface area contributed by atoms with Gasteiger partial charge in [0.15, 0.2) is 6.61 Å². The highest BCUT2D eigenvalue weighted by atomic mass is 32.2. The average Bonchev–Trinajstić information content (AvgIpc) is 2.65. The monoisotopic (exact) mass is 408 g/mol. The van der Waals surface area contributed by atoms with E-state index < -0.39 is 40.9 Å². The van der Waals surface area contributed by atoms with Gasteiger partial charge in [0.1, 0.15) is 12.4 Å². The average molecular weight is 408 g/mol. The van der Waals surface area contributed by atoms with Crippen molar-refractivity contribution >= 4 is 21.9 Å². The van der Waals surface area contributed by atoms with Gasteiger partial charge in [-0.2, -0.15) is 4.72 Å². The van der Waals surface area contributed by atoms with Gasteiger partial charge < -0.3 is 9.64 Å². The Bertz CT molecular complexity index is 945. The number of carbonyl (C=O) groups is 2. The topological polar surface area (TPSA) is 92.8 Å². The van der Waals surface area contributed by atoms with Gasteiger partial charge in [-0.25, -0.2) is 12.8 Å². The Morgan fingerprint density at radius 3 is 2.46 bits per heavy atom. The molecule has 0 unspecified atom stereocenters. The first kappa shape index (κ1) is 21.5. The molecule has 0 fully saturated rings. The van der Waals surface area contributed by atoms with E-state index in [-0.39, 0.29) is 11.4 Å². The summed E-state index contributed by atoms with van der Waals surface area (Å²) in [5.74, 6) is -1.80. The first-order valence-corrected chi connectivity index (χ1v) is 9.86. The van der Waals surface area contributed by atoms with Gasteiger partial charge in [0, 0.05) is 13.6 Å². The predicted octanol–water partition coefficient (Wildman–Crippen LogP) is 1.61. The van der Waals surface area contributed by atoms with Crippen LogP contribution in [0.3, 0.4) is 0 Å². The molecule has 0 saturated carbocycles. The number of hydrogen-bond donors (Lipinski definition) is 1. The third-order valence-electron chi connectivity index (χ3n) is 3.83. The zero-order valence-corrected chi connectivity index (χ0v) is 16.3. The van der Waals surface area contributed by atoms with Gasteiger partial charge in [-0.05, 0) is 36.8 Å². The third-order valence-corrected chi connectivity index (χ3v) is 5.25. The maximum absolute atomic E-state index is 13.2. The van der Waals surface area contributed by atoms with Crippen LogP contribution in [0.2, 0.25) is 0 Å². The number of carbonyl (C=O) groups excluding carboxylic acids is 2. The Morgan fingerprint density at radius 1 is 1.14 bits per heavy atom. The molecule has 0 heterocycles. The summed E-state index contributed by atoms with van der Waals surface area (Å²) in [5.41, 5.74) is 1.49.